The number of carbonyl (C=O) groups is 1. The molecule has 0 saturated heterocycles. The maximum Gasteiger partial charge on any atom is 0.303 e. The molecule has 1 N–H and O–H groups in total. The summed E-state index contributed by atoms with van der Waals surface area (Å²) in [5.41, 5.74) is 1.04. The minimum absolute atomic E-state index is 0.0394. The van der Waals surface area contributed by atoms with E-state index in [0.29, 0.717) is 6.42 Å². The first-order valence-electron chi connectivity index (χ1n) is 5.25. The van der Waals surface area contributed by atoms with Crippen LogP contribution in [-0.2, 0) is 11.2 Å². The minimum Gasteiger partial charge on any atom is -0.496 e. The molecular formula is C12H14O4. The van der Waals surface area contributed by atoms with Crippen molar-refractivity contribution in [1.82, 2.24) is 0 Å². The highest BCUT2D eigenvalue weighted by molar-refractivity contribution is 5.66. The molecule has 1 heterocycles. The van der Waals surface area contributed by atoms with Gasteiger partial charge in [-0.2, -0.15) is 0 Å². The Labute approximate surface area is 93.8 Å². The molecule has 0 aromatic heterocycles. The number of hydrogen-bond donors (Lipinski definition) is 1. The number of methoxy groups -OCH3 is 1. The Morgan fingerprint density at radius 1 is 1.62 bits per heavy atom. The molecule has 1 aliphatic rings. The van der Waals surface area contributed by atoms with Gasteiger partial charge in [-0.1, -0.05) is 6.07 Å². The highest BCUT2D eigenvalue weighted by atomic mass is 16.5. The summed E-state index contributed by atoms with van der Waals surface area (Å²) >= 11 is 0. The highest BCUT2D eigenvalue weighted by Crippen LogP contribution is 2.36. The van der Waals surface area contributed by atoms with Crippen molar-refractivity contribution >= 4 is 5.97 Å². The molecule has 0 saturated carbocycles. The van der Waals surface area contributed by atoms with Gasteiger partial charge in [0, 0.05) is 18.4 Å². The van der Waals surface area contributed by atoms with E-state index in [1.807, 2.05) is 18.2 Å². The van der Waals surface area contributed by atoms with Gasteiger partial charge in [-0.15, -0.1) is 0 Å². The molecule has 2 rings (SSSR count). The summed E-state index contributed by atoms with van der Waals surface area (Å²) in [5.74, 6) is 0.844. The number of rotatable bonds is 4. The van der Waals surface area contributed by atoms with E-state index in [1.54, 1.807) is 7.11 Å². The lowest BCUT2D eigenvalue weighted by molar-refractivity contribution is -0.137. The number of ether oxygens (including phenoxy) is 2. The summed E-state index contributed by atoms with van der Waals surface area (Å²) in [6.07, 6.45) is 1.36. The number of carboxylic acids is 1. The fraction of sp³-hybridized carbons (Fsp3) is 0.417. The second-order valence-electron chi connectivity index (χ2n) is 3.81. The molecule has 0 fully saturated rings. The average Bonchev–Trinajstić information content (AvgIpc) is 2.68. The molecule has 86 valence electrons. The average molecular weight is 222 g/mol. The van der Waals surface area contributed by atoms with E-state index in [1.165, 1.54) is 0 Å². The largest absolute Gasteiger partial charge is 0.496 e. The Balaban J connectivity index is 2.06. The molecule has 1 atom stereocenters. The molecule has 0 spiro atoms. The number of hydrogen-bond acceptors (Lipinski definition) is 3. The van der Waals surface area contributed by atoms with Gasteiger partial charge in [-0.3, -0.25) is 4.79 Å². The van der Waals surface area contributed by atoms with E-state index >= 15 is 0 Å². The molecule has 1 aromatic carbocycles. The van der Waals surface area contributed by atoms with E-state index in [4.69, 9.17) is 14.6 Å². The van der Waals surface area contributed by atoms with E-state index in [9.17, 15) is 4.79 Å². The molecule has 16 heavy (non-hydrogen) atoms. The van der Waals surface area contributed by atoms with Crippen LogP contribution in [0.25, 0.3) is 0 Å². The Bertz CT molecular complexity index is 400. The van der Waals surface area contributed by atoms with Gasteiger partial charge in [-0.25, -0.2) is 0 Å². The highest BCUT2D eigenvalue weighted by Gasteiger charge is 2.25. The predicted octanol–water partition coefficient (Wildman–Crippen LogP) is 1.86. The fourth-order valence-corrected chi connectivity index (χ4v) is 1.94. The summed E-state index contributed by atoms with van der Waals surface area (Å²) in [6, 6.07) is 5.65. The van der Waals surface area contributed by atoms with E-state index in [0.717, 1.165) is 23.5 Å². The number of carboxylic acid groups (broad SMARTS) is 1. The molecule has 1 unspecified atom stereocenters. The second kappa shape index (κ2) is 4.43. The van der Waals surface area contributed by atoms with Gasteiger partial charge in [0.15, 0.2) is 0 Å². The van der Waals surface area contributed by atoms with E-state index in [-0.39, 0.29) is 12.5 Å². The summed E-state index contributed by atoms with van der Waals surface area (Å²) in [7, 11) is 1.63. The van der Waals surface area contributed by atoms with Gasteiger partial charge in [0.25, 0.3) is 0 Å². The Morgan fingerprint density at radius 3 is 3.12 bits per heavy atom. The SMILES string of the molecule is COc1cccc2c1CC(CCC(=O)O)O2. The van der Waals surface area contributed by atoms with Gasteiger partial charge in [0.2, 0.25) is 0 Å². The quantitative estimate of drug-likeness (QED) is 0.844. The monoisotopic (exact) mass is 222 g/mol. The first-order valence-corrected chi connectivity index (χ1v) is 5.25. The first-order chi connectivity index (χ1) is 7.70. The molecule has 4 heteroatoms. The van der Waals surface area contributed by atoms with Crippen LogP contribution in [0.15, 0.2) is 18.2 Å². The second-order valence-corrected chi connectivity index (χ2v) is 3.81. The lowest BCUT2D eigenvalue weighted by Crippen LogP contribution is -2.14. The van der Waals surface area contributed by atoms with Crippen LogP contribution in [0.1, 0.15) is 18.4 Å². The molecule has 0 radical (unpaired) electrons. The maximum atomic E-state index is 10.5. The number of aliphatic carboxylic acids is 1. The number of benzene rings is 1. The lowest BCUT2D eigenvalue weighted by Gasteiger charge is -2.07. The Hall–Kier alpha value is -1.71. The van der Waals surface area contributed by atoms with Crippen molar-refractivity contribution < 1.29 is 19.4 Å². The summed E-state index contributed by atoms with van der Waals surface area (Å²) in [5, 5.41) is 8.61. The van der Waals surface area contributed by atoms with E-state index in [2.05, 4.69) is 0 Å². The van der Waals surface area contributed by atoms with Crippen molar-refractivity contribution in [2.45, 2.75) is 25.4 Å². The smallest absolute Gasteiger partial charge is 0.303 e. The standard InChI is InChI=1S/C12H14O4/c1-15-10-3-2-4-11-9(10)7-8(16-11)5-6-12(13)14/h2-4,8H,5-7H2,1H3,(H,13,14). The van der Waals surface area contributed by atoms with Gasteiger partial charge < -0.3 is 14.6 Å². The zero-order valence-electron chi connectivity index (χ0n) is 9.10. The van der Waals surface area contributed by atoms with Crippen LogP contribution in [0.3, 0.4) is 0 Å². The predicted molar refractivity (Wildman–Crippen MR) is 58.0 cm³/mol. The van der Waals surface area contributed by atoms with Crippen LogP contribution in [0.2, 0.25) is 0 Å². The van der Waals surface area contributed by atoms with Crippen LogP contribution in [-0.4, -0.2) is 24.3 Å². The van der Waals surface area contributed by atoms with Gasteiger partial charge in [0.1, 0.15) is 17.6 Å². The normalized spacial score (nSPS) is 17.7. The van der Waals surface area contributed by atoms with Crippen molar-refractivity contribution in [2.24, 2.45) is 0 Å². The fourth-order valence-electron chi connectivity index (χ4n) is 1.94. The Morgan fingerprint density at radius 2 is 2.44 bits per heavy atom. The van der Waals surface area contributed by atoms with Crippen molar-refractivity contribution in [1.29, 1.82) is 0 Å². The lowest BCUT2D eigenvalue weighted by atomic mass is 10.1. The third-order valence-corrected chi connectivity index (χ3v) is 2.72. The molecule has 1 aromatic rings. The maximum absolute atomic E-state index is 10.5. The zero-order chi connectivity index (χ0) is 11.5. The van der Waals surface area contributed by atoms with Crippen molar-refractivity contribution in [3.63, 3.8) is 0 Å². The number of fused-ring (bicyclic) bond motifs is 1. The Kier molecular flexibility index (Phi) is 2.99. The van der Waals surface area contributed by atoms with Crippen LogP contribution >= 0.6 is 0 Å². The van der Waals surface area contributed by atoms with Crippen LogP contribution in [0, 0.1) is 0 Å². The van der Waals surface area contributed by atoms with Crippen molar-refractivity contribution in [2.75, 3.05) is 7.11 Å². The summed E-state index contributed by atoms with van der Waals surface area (Å²) in [4.78, 5) is 10.5. The van der Waals surface area contributed by atoms with Crippen molar-refractivity contribution in [3.05, 3.63) is 23.8 Å². The minimum atomic E-state index is -0.786. The third kappa shape index (κ3) is 2.10. The molecular weight excluding hydrogens is 208 g/mol. The first kappa shape index (κ1) is 10.8. The zero-order valence-corrected chi connectivity index (χ0v) is 9.10. The summed E-state index contributed by atoms with van der Waals surface area (Å²) in [6.45, 7) is 0. The topological polar surface area (TPSA) is 55.8 Å². The molecule has 1 aliphatic heterocycles. The van der Waals surface area contributed by atoms with E-state index < -0.39 is 5.97 Å². The third-order valence-electron chi connectivity index (χ3n) is 2.72. The molecule has 4 nitrogen and oxygen atoms in total. The van der Waals surface area contributed by atoms with Crippen LogP contribution in [0.5, 0.6) is 11.5 Å². The molecule has 0 bridgehead atoms. The van der Waals surface area contributed by atoms with Gasteiger partial charge >= 0.3 is 5.97 Å². The van der Waals surface area contributed by atoms with Crippen LogP contribution < -0.4 is 9.47 Å². The van der Waals surface area contributed by atoms with Crippen molar-refractivity contribution in [3.8, 4) is 11.5 Å². The molecule has 0 aliphatic carbocycles. The van der Waals surface area contributed by atoms with Gasteiger partial charge in [-0.05, 0) is 18.6 Å². The van der Waals surface area contributed by atoms with Gasteiger partial charge in [0.05, 0.1) is 7.11 Å². The van der Waals surface area contributed by atoms with Crippen LogP contribution in [0.4, 0.5) is 0 Å². The molecule has 0 amide bonds. The summed E-state index contributed by atoms with van der Waals surface area (Å²) < 4.78 is 10.9.